The lowest BCUT2D eigenvalue weighted by molar-refractivity contribution is 0.590. The largest absolute Gasteiger partial charge is 0.358 e. The predicted octanol–water partition coefficient (Wildman–Crippen LogP) is 10.1. The van der Waals surface area contributed by atoms with Crippen molar-refractivity contribution < 1.29 is 0 Å². The molecule has 1 aromatic heterocycles. The molecule has 0 amide bonds. The number of aromatic nitrogens is 1. The van der Waals surface area contributed by atoms with Gasteiger partial charge in [0, 0.05) is 58.8 Å². The smallest absolute Gasteiger partial charge is 0.0574 e. The fraction of sp³-hybridized carbons (Fsp3) is 0.179. The van der Waals surface area contributed by atoms with E-state index < -0.39 is 0 Å². The lowest BCUT2D eigenvalue weighted by Crippen LogP contribution is -2.16. The molecule has 214 valence electrons. The molecule has 1 aliphatic rings. The Morgan fingerprint density at radius 2 is 1.16 bits per heavy atom. The van der Waals surface area contributed by atoms with Crippen LogP contribution >= 0.6 is 0 Å². The van der Waals surface area contributed by atoms with Crippen LogP contribution in [0.3, 0.4) is 0 Å². The number of nitrogens with zero attached hydrogens (tertiary/aromatic N) is 2. The average Bonchev–Trinajstić information content (AvgIpc) is 3.02. The minimum absolute atomic E-state index is 0.0468. The molecule has 1 unspecified atom stereocenters. The maximum absolute atomic E-state index is 4.75. The summed E-state index contributed by atoms with van der Waals surface area (Å²) in [5, 5.41) is 7.68. The Balaban J connectivity index is 1.47. The molecule has 0 bridgehead atoms. The SMILES string of the molecule is CC1CC(Nc2cc(Nc3c(-c4ccccc4)cncc3-c3ccccc3)cc(C(C)(C)C)c2)=C(c2ccccc2)C=N1. The monoisotopic (exact) mass is 562 g/mol. The second-order valence-corrected chi connectivity index (χ2v) is 12.2. The molecule has 0 radical (unpaired) electrons. The highest BCUT2D eigenvalue weighted by atomic mass is 14.9. The number of hydrogen-bond acceptors (Lipinski definition) is 4. The van der Waals surface area contributed by atoms with Crippen LogP contribution in [0.2, 0.25) is 0 Å². The zero-order valence-electron chi connectivity index (χ0n) is 25.3. The van der Waals surface area contributed by atoms with E-state index in [0.29, 0.717) is 0 Å². The number of benzene rings is 4. The molecule has 4 nitrogen and oxygen atoms in total. The van der Waals surface area contributed by atoms with E-state index in [1.54, 1.807) is 0 Å². The average molecular weight is 563 g/mol. The van der Waals surface area contributed by atoms with E-state index in [4.69, 9.17) is 4.99 Å². The lowest BCUT2D eigenvalue weighted by Gasteiger charge is -2.25. The Morgan fingerprint density at radius 1 is 0.651 bits per heavy atom. The van der Waals surface area contributed by atoms with Gasteiger partial charge in [-0.3, -0.25) is 9.98 Å². The molecule has 4 heteroatoms. The van der Waals surface area contributed by atoms with E-state index in [-0.39, 0.29) is 11.5 Å². The van der Waals surface area contributed by atoms with Crippen molar-refractivity contribution >= 4 is 28.8 Å². The first-order chi connectivity index (χ1) is 20.8. The van der Waals surface area contributed by atoms with Gasteiger partial charge in [-0.15, -0.1) is 0 Å². The normalized spacial score (nSPS) is 14.9. The third kappa shape index (κ3) is 6.44. The van der Waals surface area contributed by atoms with Gasteiger partial charge in [-0.2, -0.15) is 0 Å². The number of nitrogens with one attached hydrogen (secondary N) is 2. The highest BCUT2D eigenvalue weighted by Crippen LogP contribution is 2.40. The van der Waals surface area contributed by atoms with Crippen LogP contribution in [0, 0.1) is 0 Å². The zero-order valence-corrected chi connectivity index (χ0v) is 25.3. The Bertz CT molecular complexity index is 1710. The van der Waals surface area contributed by atoms with Crippen molar-refractivity contribution in [1.82, 2.24) is 4.98 Å². The van der Waals surface area contributed by atoms with Gasteiger partial charge in [0.05, 0.1) is 11.7 Å². The van der Waals surface area contributed by atoms with Gasteiger partial charge in [0.15, 0.2) is 0 Å². The van der Waals surface area contributed by atoms with Crippen molar-refractivity contribution in [2.45, 2.75) is 45.6 Å². The summed E-state index contributed by atoms with van der Waals surface area (Å²) in [5.41, 5.74) is 12.2. The number of aliphatic imine (C=N–C) groups is 1. The molecular formula is C39H38N4. The molecule has 2 heterocycles. The number of allylic oxidation sites excluding steroid dienone is 1. The van der Waals surface area contributed by atoms with Gasteiger partial charge in [0.1, 0.15) is 0 Å². The fourth-order valence-corrected chi connectivity index (χ4v) is 5.51. The standard InChI is InChI=1S/C39H38N4/c1-27-20-37(34(26-41-27)28-14-8-5-9-15-28)42-32-21-31(39(2,3)4)22-33(23-32)43-38-35(29-16-10-6-11-17-29)24-40-25-36(38)30-18-12-7-13-19-30/h5-19,21-27,42H,20H2,1-4H3,(H,40,43). The highest BCUT2D eigenvalue weighted by molar-refractivity contribution is 6.12. The van der Waals surface area contributed by atoms with Crippen LogP contribution in [-0.4, -0.2) is 17.2 Å². The fourth-order valence-electron chi connectivity index (χ4n) is 5.51. The van der Waals surface area contributed by atoms with E-state index in [9.17, 15) is 0 Å². The van der Waals surface area contributed by atoms with Crippen LogP contribution < -0.4 is 10.6 Å². The summed E-state index contributed by atoms with van der Waals surface area (Å²) in [6, 6.07) is 38.4. The first kappa shape index (κ1) is 28.2. The zero-order chi connectivity index (χ0) is 29.8. The van der Waals surface area contributed by atoms with Crippen LogP contribution in [0.1, 0.15) is 45.2 Å². The van der Waals surface area contributed by atoms with Gasteiger partial charge in [0.2, 0.25) is 0 Å². The molecule has 0 saturated carbocycles. The summed E-state index contributed by atoms with van der Waals surface area (Å²) in [4.78, 5) is 9.41. The molecule has 0 spiro atoms. The van der Waals surface area contributed by atoms with Gasteiger partial charge in [-0.25, -0.2) is 0 Å². The van der Waals surface area contributed by atoms with Crippen molar-refractivity contribution in [1.29, 1.82) is 0 Å². The van der Waals surface area contributed by atoms with E-state index in [1.807, 2.05) is 30.7 Å². The molecule has 0 fully saturated rings. The minimum atomic E-state index is -0.0468. The number of pyridine rings is 1. The number of rotatable bonds is 7. The molecule has 0 saturated heterocycles. The van der Waals surface area contributed by atoms with Crippen LogP contribution in [0.4, 0.5) is 17.1 Å². The predicted molar refractivity (Wildman–Crippen MR) is 183 cm³/mol. The summed E-state index contributed by atoms with van der Waals surface area (Å²) >= 11 is 0. The molecule has 2 N–H and O–H groups in total. The van der Waals surface area contributed by atoms with Crippen molar-refractivity contribution in [3.8, 4) is 22.3 Å². The van der Waals surface area contributed by atoms with Crippen molar-refractivity contribution in [2.75, 3.05) is 10.6 Å². The van der Waals surface area contributed by atoms with E-state index in [1.165, 1.54) is 16.8 Å². The topological polar surface area (TPSA) is 49.3 Å². The Morgan fingerprint density at radius 3 is 1.70 bits per heavy atom. The first-order valence-electron chi connectivity index (χ1n) is 15.0. The molecule has 1 aliphatic heterocycles. The van der Waals surface area contributed by atoms with E-state index in [0.717, 1.165) is 51.3 Å². The van der Waals surface area contributed by atoms with Crippen LogP contribution in [-0.2, 0) is 5.41 Å². The van der Waals surface area contributed by atoms with Crippen LogP contribution in [0.5, 0.6) is 0 Å². The number of anilines is 3. The third-order valence-corrected chi connectivity index (χ3v) is 7.85. The van der Waals surface area contributed by atoms with Crippen molar-refractivity contribution in [3.63, 3.8) is 0 Å². The molecular weight excluding hydrogens is 524 g/mol. The summed E-state index contributed by atoms with van der Waals surface area (Å²) in [6.07, 6.45) is 6.78. The summed E-state index contributed by atoms with van der Waals surface area (Å²) < 4.78 is 0. The van der Waals surface area contributed by atoms with Gasteiger partial charge in [-0.1, -0.05) is 112 Å². The lowest BCUT2D eigenvalue weighted by atomic mass is 9.86. The minimum Gasteiger partial charge on any atom is -0.358 e. The molecule has 43 heavy (non-hydrogen) atoms. The second kappa shape index (κ2) is 12.1. The van der Waals surface area contributed by atoms with Crippen molar-refractivity contribution in [3.05, 3.63) is 138 Å². The van der Waals surface area contributed by atoms with Gasteiger partial charge >= 0.3 is 0 Å². The molecule has 0 aliphatic carbocycles. The Labute approximate surface area is 255 Å². The number of dihydropyridines is 1. The van der Waals surface area contributed by atoms with Crippen LogP contribution in [0.15, 0.2) is 132 Å². The molecule has 6 rings (SSSR count). The summed E-state index contributed by atoms with van der Waals surface area (Å²) in [6.45, 7) is 8.95. The van der Waals surface area contributed by atoms with Crippen LogP contribution in [0.25, 0.3) is 27.8 Å². The first-order valence-corrected chi connectivity index (χ1v) is 15.0. The van der Waals surface area contributed by atoms with Gasteiger partial charge < -0.3 is 10.6 Å². The Kier molecular flexibility index (Phi) is 7.93. The molecule has 4 aromatic carbocycles. The van der Waals surface area contributed by atoms with E-state index >= 15 is 0 Å². The Hall–Kier alpha value is -4.96. The molecule has 1 atom stereocenters. The number of hydrogen-bond donors (Lipinski definition) is 2. The van der Waals surface area contributed by atoms with E-state index in [2.05, 4.69) is 140 Å². The third-order valence-electron chi connectivity index (χ3n) is 7.85. The highest BCUT2D eigenvalue weighted by Gasteiger charge is 2.20. The second-order valence-electron chi connectivity index (χ2n) is 12.2. The summed E-state index contributed by atoms with van der Waals surface area (Å²) in [7, 11) is 0. The summed E-state index contributed by atoms with van der Waals surface area (Å²) in [5.74, 6) is 0. The van der Waals surface area contributed by atoms with Gasteiger partial charge in [-0.05, 0) is 52.8 Å². The maximum atomic E-state index is 4.75. The quantitative estimate of drug-likeness (QED) is 0.207. The maximum Gasteiger partial charge on any atom is 0.0574 e. The van der Waals surface area contributed by atoms with Crippen molar-refractivity contribution in [2.24, 2.45) is 4.99 Å². The molecule has 5 aromatic rings. The van der Waals surface area contributed by atoms with Gasteiger partial charge in [0.25, 0.3) is 0 Å².